The molecule has 0 fully saturated rings. The Morgan fingerprint density at radius 1 is 1.06 bits per heavy atom. The van der Waals surface area contributed by atoms with E-state index in [9.17, 15) is 14.4 Å². The van der Waals surface area contributed by atoms with Crippen molar-refractivity contribution >= 4 is 23.5 Å². The van der Waals surface area contributed by atoms with Gasteiger partial charge in [0.25, 0.3) is 11.8 Å². The molecule has 1 N–H and O–H groups in total. The first-order chi connectivity index (χ1) is 16.7. The fourth-order valence-corrected chi connectivity index (χ4v) is 3.56. The van der Waals surface area contributed by atoms with Crippen LogP contribution in [-0.4, -0.2) is 43.6 Å². The Bertz CT molecular complexity index is 1050. The minimum absolute atomic E-state index is 0.138. The number of rotatable bonds is 11. The van der Waals surface area contributed by atoms with Crippen LogP contribution in [0.4, 0.5) is 5.69 Å². The molecule has 0 spiro atoms. The molecule has 2 rings (SSSR count). The number of nitrogens with one attached hydrogen (secondary N) is 1. The molecule has 0 aliphatic carbocycles. The number of hydrogen-bond donors (Lipinski definition) is 1. The van der Waals surface area contributed by atoms with Crippen molar-refractivity contribution in [3.05, 3.63) is 59.2 Å². The first-order valence-corrected chi connectivity index (χ1v) is 11.6. The second kappa shape index (κ2) is 13.1. The highest BCUT2D eigenvalue weighted by molar-refractivity contribution is 5.98. The van der Waals surface area contributed by atoms with Crippen LogP contribution in [0.15, 0.2) is 42.5 Å². The highest BCUT2D eigenvalue weighted by atomic mass is 16.5. The zero-order chi connectivity index (χ0) is 26.0. The number of ether oxygens (including phenoxy) is 2. The van der Waals surface area contributed by atoms with E-state index in [1.807, 2.05) is 45.0 Å². The molecule has 8 heteroatoms. The third-order valence-corrected chi connectivity index (χ3v) is 5.24. The molecule has 2 amide bonds. The van der Waals surface area contributed by atoms with Crippen molar-refractivity contribution in [2.45, 2.75) is 47.1 Å². The molecule has 0 saturated carbocycles. The maximum absolute atomic E-state index is 12.9. The van der Waals surface area contributed by atoms with Crippen molar-refractivity contribution in [1.29, 1.82) is 5.26 Å². The van der Waals surface area contributed by atoms with Gasteiger partial charge in [-0.3, -0.25) is 9.59 Å². The molecule has 35 heavy (non-hydrogen) atoms. The highest BCUT2D eigenvalue weighted by Gasteiger charge is 2.28. The number of hydrogen-bond acceptors (Lipinski definition) is 6. The minimum Gasteiger partial charge on any atom is -0.494 e. The molecule has 2 aromatic carbocycles. The Hall–Kier alpha value is -3.86. The minimum atomic E-state index is -0.935. The van der Waals surface area contributed by atoms with Crippen LogP contribution in [0.5, 0.6) is 5.75 Å². The number of aryl methyl sites for hydroxylation is 2. The summed E-state index contributed by atoms with van der Waals surface area (Å²) in [6.45, 7) is 9.46. The Kier molecular flexibility index (Phi) is 10.3. The molecule has 2 aromatic rings. The molecule has 0 heterocycles. The van der Waals surface area contributed by atoms with Crippen molar-refractivity contribution in [3.8, 4) is 11.8 Å². The van der Waals surface area contributed by atoms with E-state index in [2.05, 4.69) is 5.32 Å². The first kappa shape index (κ1) is 27.4. The van der Waals surface area contributed by atoms with Crippen molar-refractivity contribution in [2.75, 3.05) is 24.7 Å². The van der Waals surface area contributed by atoms with Gasteiger partial charge in [0.1, 0.15) is 11.8 Å². The van der Waals surface area contributed by atoms with Crippen LogP contribution in [0, 0.1) is 31.1 Å². The largest absolute Gasteiger partial charge is 0.494 e. The van der Waals surface area contributed by atoms with Crippen LogP contribution < -0.4 is 15.0 Å². The smallest absolute Gasteiger partial charge is 0.329 e. The summed E-state index contributed by atoms with van der Waals surface area (Å²) in [5.41, 5.74) is 2.97. The van der Waals surface area contributed by atoms with Gasteiger partial charge in [-0.05, 0) is 74.2 Å². The van der Waals surface area contributed by atoms with Gasteiger partial charge in [0.2, 0.25) is 0 Å². The molecular weight excluding hydrogens is 446 g/mol. The molecule has 8 nitrogen and oxygen atoms in total. The van der Waals surface area contributed by atoms with Crippen LogP contribution >= 0.6 is 0 Å². The lowest BCUT2D eigenvalue weighted by Crippen LogP contribution is -2.46. The van der Waals surface area contributed by atoms with Crippen molar-refractivity contribution in [1.82, 2.24) is 5.32 Å². The molecule has 0 aliphatic heterocycles. The van der Waals surface area contributed by atoms with Gasteiger partial charge in [0, 0.05) is 17.8 Å². The molecule has 0 saturated heterocycles. The number of carbonyl (C=O) groups is 3. The van der Waals surface area contributed by atoms with Crippen LogP contribution in [0.2, 0.25) is 0 Å². The summed E-state index contributed by atoms with van der Waals surface area (Å²) in [7, 11) is 0. The lowest BCUT2D eigenvalue weighted by molar-refractivity contribution is -0.150. The number of nitrogens with zero attached hydrogens (tertiary/aromatic N) is 2. The monoisotopic (exact) mass is 479 g/mol. The second-order valence-corrected chi connectivity index (χ2v) is 8.56. The predicted molar refractivity (Wildman–Crippen MR) is 133 cm³/mol. The summed E-state index contributed by atoms with van der Waals surface area (Å²) in [5.74, 6) is -1.20. The second-order valence-electron chi connectivity index (χ2n) is 8.56. The van der Waals surface area contributed by atoms with Gasteiger partial charge in [-0.1, -0.05) is 19.9 Å². The van der Waals surface area contributed by atoms with Crippen molar-refractivity contribution < 1.29 is 23.9 Å². The molecule has 1 atom stereocenters. The number of amides is 2. The normalized spacial score (nSPS) is 11.3. The average Bonchev–Trinajstić information content (AvgIpc) is 2.81. The molecule has 0 radical (unpaired) electrons. The van der Waals surface area contributed by atoms with Gasteiger partial charge in [-0.2, -0.15) is 5.26 Å². The molecule has 0 bridgehead atoms. The van der Waals surface area contributed by atoms with Gasteiger partial charge in [-0.25, -0.2) is 4.79 Å². The van der Waals surface area contributed by atoms with Gasteiger partial charge in [0.15, 0.2) is 6.61 Å². The van der Waals surface area contributed by atoms with E-state index in [-0.39, 0.29) is 18.9 Å². The van der Waals surface area contributed by atoms with E-state index in [1.165, 1.54) is 4.90 Å². The van der Waals surface area contributed by atoms with Gasteiger partial charge in [-0.15, -0.1) is 0 Å². The Morgan fingerprint density at radius 2 is 1.69 bits per heavy atom. The maximum atomic E-state index is 12.9. The number of carbonyl (C=O) groups excluding carboxylic acids is 3. The zero-order valence-corrected chi connectivity index (χ0v) is 21.0. The van der Waals surface area contributed by atoms with Crippen LogP contribution in [0.25, 0.3) is 0 Å². The fourth-order valence-electron chi connectivity index (χ4n) is 3.56. The van der Waals surface area contributed by atoms with Crippen LogP contribution in [-0.2, 0) is 14.3 Å². The van der Waals surface area contributed by atoms with E-state index in [4.69, 9.17) is 14.7 Å². The zero-order valence-electron chi connectivity index (χ0n) is 21.0. The average molecular weight is 480 g/mol. The summed E-state index contributed by atoms with van der Waals surface area (Å²) < 4.78 is 10.7. The molecular formula is C27H33N3O5. The standard InChI is InChI=1S/C27H33N3O5/c1-6-34-23-10-8-21(9-11-23)26(32)29-25(18(2)3)27(33)35-17-24(31)30(13-7-12-28)22-15-19(4)14-20(5)16-22/h8-11,14-16,18,25H,6-7,13,17H2,1-5H3,(H,29,32)/t25-/m0/s1. The third kappa shape index (κ3) is 8.14. The summed E-state index contributed by atoms with van der Waals surface area (Å²) in [4.78, 5) is 39.9. The van der Waals surface area contributed by atoms with E-state index in [0.29, 0.717) is 23.6 Å². The fraction of sp³-hybridized carbons (Fsp3) is 0.407. The van der Waals surface area contributed by atoms with E-state index >= 15 is 0 Å². The summed E-state index contributed by atoms with van der Waals surface area (Å²) in [6.07, 6.45) is 0.138. The topological polar surface area (TPSA) is 109 Å². The quantitative estimate of drug-likeness (QED) is 0.489. The van der Waals surface area contributed by atoms with Gasteiger partial charge < -0.3 is 19.7 Å². The Labute approximate surface area is 206 Å². The summed E-state index contributed by atoms with van der Waals surface area (Å²) in [6, 6.07) is 13.4. The SMILES string of the molecule is CCOc1ccc(C(=O)N[C@H](C(=O)OCC(=O)N(CCC#N)c2cc(C)cc(C)c2)C(C)C)cc1. The number of anilines is 1. The maximum Gasteiger partial charge on any atom is 0.329 e. The van der Waals surface area contributed by atoms with Crippen LogP contribution in [0.1, 0.15) is 48.7 Å². The highest BCUT2D eigenvalue weighted by Crippen LogP contribution is 2.20. The van der Waals surface area contributed by atoms with Crippen LogP contribution in [0.3, 0.4) is 0 Å². The summed E-state index contributed by atoms with van der Waals surface area (Å²) in [5, 5.41) is 11.7. The lowest BCUT2D eigenvalue weighted by atomic mass is 10.0. The van der Waals surface area contributed by atoms with Crippen molar-refractivity contribution in [2.24, 2.45) is 5.92 Å². The van der Waals surface area contributed by atoms with E-state index in [1.54, 1.807) is 38.1 Å². The first-order valence-electron chi connectivity index (χ1n) is 11.6. The summed E-state index contributed by atoms with van der Waals surface area (Å²) >= 11 is 0. The number of benzene rings is 2. The molecule has 186 valence electrons. The van der Waals surface area contributed by atoms with E-state index < -0.39 is 30.4 Å². The van der Waals surface area contributed by atoms with Crippen molar-refractivity contribution in [3.63, 3.8) is 0 Å². The predicted octanol–water partition coefficient (Wildman–Crippen LogP) is 3.95. The van der Waals surface area contributed by atoms with Gasteiger partial charge in [0.05, 0.1) is 19.1 Å². The Morgan fingerprint density at radius 3 is 2.23 bits per heavy atom. The molecule has 0 aliphatic rings. The third-order valence-electron chi connectivity index (χ3n) is 5.24. The molecule has 0 aromatic heterocycles. The van der Waals surface area contributed by atoms with Gasteiger partial charge >= 0.3 is 5.97 Å². The number of nitriles is 1. The number of esters is 1. The lowest BCUT2D eigenvalue weighted by Gasteiger charge is -2.24. The Balaban J connectivity index is 2.07. The van der Waals surface area contributed by atoms with E-state index in [0.717, 1.165) is 11.1 Å². The molecule has 0 unspecified atom stereocenters.